The molecule has 0 spiro atoms. The number of nitrogens with zero attached hydrogens (tertiary/aromatic N) is 1. The molecule has 6 heteroatoms. The van der Waals surface area contributed by atoms with Gasteiger partial charge in [-0.1, -0.05) is 23.9 Å². The fourth-order valence-electron chi connectivity index (χ4n) is 1.04. The standard InChI is InChI=1S/C9H7NO2S2.H2O/c11-8(12)5-13-9-10-6-3-1-2-4-7(6)14-9;/h1-4H,5H2,(H,11,12);1H2. The van der Waals surface area contributed by atoms with E-state index < -0.39 is 5.97 Å². The molecule has 0 unspecified atom stereocenters. The Morgan fingerprint density at radius 1 is 1.47 bits per heavy atom. The molecule has 1 heterocycles. The highest BCUT2D eigenvalue weighted by Crippen LogP contribution is 2.28. The van der Waals surface area contributed by atoms with Gasteiger partial charge in [0.05, 0.1) is 16.0 Å². The smallest absolute Gasteiger partial charge is 0.313 e. The van der Waals surface area contributed by atoms with E-state index in [1.165, 1.54) is 23.1 Å². The SMILES string of the molecule is O.O=C(O)CSc1nc2ccccc2s1. The van der Waals surface area contributed by atoms with Gasteiger partial charge in [-0.2, -0.15) is 0 Å². The topological polar surface area (TPSA) is 81.7 Å². The molecular weight excluding hydrogens is 234 g/mol. The van der Waals surface area contributed by atoms with E-state index in [4.69, 9.17) is 5.11 Å². The van der Waals surface area contributed by atoms with Crippen molar-refractivity contribution in [2.75, 3.05) is 5.75 Å². The zero-order valence-electron chi connectivity index (χ0n) is 7.64. The maximum absolute atomic E-state index is 10.3. The van der Waals surface area contributed by atoms with Crippen molar-refractivity contribution in [3.05, 3.63) is 24.3 Å². The van der Waals surface area contributed by atoms with Gasteiger partial charge in [0.1, 0.15) is 0 Å². The third-order valence-corrected chi connectivity index (χ3v) is 3.76. The molecule has 4 nitrogen and oxygen atoms in total. The minimum atomic E-state index is -0.811. The van der Waals surface area contributed by atoms with Crippen molar-refractivity contribution in [2.45, 2.75) is 4.34 Å². The Morgan fingerprint density at radius 3 is 2.87 bits per heavy atom. The fraction of sp³-hybridized carbons (Fsp3) is 0.111. The molecule has 0 aliphatic rings. The second-order valence-electron chi connectivity index (χ2n) is 2.63. The molecule has 0 fully saturated rings. The summed E-state index contributed by atoms with van der Waals surface area (Å²) in [5.41, 5.74) is 0.936. The summed E-state index contributed by atoms with van der Waals surface area (Å²) in [6.45, 7) is 0. The molecule has 0 atom stereocenters. The van der Waals surface area contributed by atoms with Gasteiger partial charge in [0, 0.05) is 0 Å². The van der Waals surface area contributed by atoms with Gasteiger partial charge >= 0.3 is 5.97 Å². The van der Waals surface area contributed by atoms with Crippen LogP contribution in [-0.4, -0.2) is 27.3 Å². The largest absolute Gasteiger partial charge is 0.481 e. The summed E-state index contributed by atoms with van der Waals surface area (Å²) in [5.74, 6) is -0.742. The Hall–Kier alpha value is -1.11. The van der Waals surface area contributed by atoms with Crippen LogP contribution in [0.2, 0.25) is 0 Å². The molecule has 0 aliphatic carbocycles. The fourth-order valence-corrected chi connectivity index (χ4v) is 2.82. The van der Waals surface area contributed by atoms with Crippen molar-refractivity contribution in [2.24, 2.45) is 0 Å². The van der Waals surface area contributed by atoms with E-state index in [0.29, 0.717) is 0 Å². The van der Waals surface area contributed by atoms with Crippen LogP contribution in [0.15, 0.2) is 28.6 Å². The van der Waals surface area contributed by atoms with E-state index in [0.717, 1.165) is 14.6 Å². The molecule has 0 saturated heterocycles. The van der Waals surface area contributed by atoms with Gasteiger partial charge in [-0.25, -0.2) is 4.98 Å². The number of aliphatic carboxylic acids is 1. The summed E-state index contributed by atoms with van der Waals surface area (Å²) < 4.78 is 1.91. The van der Waals surface area contributed by atoms with Crippen LogP contribution in [-0.2, 0) is 4.79 Å². The molecule has 2 aromatic rings. The summed E-state index contributed by atoms with van der Waals surface area (Å²) in [4.78, 5) is 14.6. The van der Waals surface area contributed by atoms with Gasteiger partial charge in [-0.15, -0.1) is 11.3 Å². The van der Waals surface area contributed by atoms with E-state index in [9.17, 15) is 4.79 Å². The summed E-state index contributed by atoms with van der Waals surface area (Å²) in [6.07, 6.45) is 0. The minimum Gasteiger partial charge on any atom is -0.481 e. The Balaban J connectivity index is 0.00000112. The number of thioether (sulfide) groups is 1. The molecule has 1 aromatic carbocycles. The van der Waals surface area contributed by atoms with Crippen LogP contribution >= 0.6 is 23.1 Å². The Bertz CT molecular complexity index is 436. The van der Waals surface area contributed by atoms with Gasteiger partial charge in [0.2, 0.25) is 0 Å². The molecule has 0 aliphatic heterocycles. The van der Waals surface area contributed by atoms with Gasteiger partial charge in [-0.3, -0.25) is 4.79 Å². The van der Waals surface area contributed by atoms with Crippen molar-refractivity contribution in [1.82, 2.24) is 4.98 Å². The molecular formula is C9H9NO3S2. The second kappa shape index (κ2) is 5.11. The van der Waals surface area contributed by atoms with Crippen molar-refractivity contribution < 1.29 is 15.4 Å². The first kappa shape index (κ1) is 12.0. The number of thiazole rings is 1. The molecule has 0 saturated carbocycles. The normalized spacial score (nSPS) is 9.87. The van der Waals surface area contributed by atoms with Crippen LogP contribution in [0.25, 0.3) is 10.2 Å². The van der Waals surface area contributed by atoms with Crippen LogP contribution in [0.3, 0.4) is 0 Å². The number of carboxylic acids is 1. The molecule has 0 amide bonds. The molecule has 3 N–H and O–H groups in total. The summed E-state index contributed by atoms with van der Waals surface area (Å²) in [6, 6.07) is 7.79. The van der Waals surface area contributed by atoms with Crippen molar-refractivity contribution in [1.29, 1.82) is 0 Å². The van der Waals surface area contributed by atoms with Gasteiger partial charge in [0.15, 0.2) is 4.34 Å². The zero-order valence-corrected chi connectivity index (χ0v) is 9.27. The number of rotatable bonds is 3. The number of fused-ring (bicyclic) bond motifs is 1. The van der Waals surface area contributed by atoms with Gasteiger partial charge in [0.25, 0.3) is 0 Å². The monoisotopic (exact) mass is 243 g/mol. The van der Waals surface area contributed by atoms with Crippen LogP contribution in [0.5, 0.6) is 0 Å². The zero-order chi connectivity index (χ0) is 9.97. The van der Waals surface area contributed by atoms with E-state index in [1.807, 2.05) is 24.3 Å². The number of carbonyl (C=O) groups is 1. The first-order valence-electron chi connectivity index (χ1n) is 3.96. The summed E-state index contributed by atoms with van der Waals surface area (Å²) in [5, 5.41) is 8.51. The minimum absolute atomic E-state index is 0. The Morgan fingerprint density at radius 2 is 2.20 bits per heavy atom. The van der Waals surface area contributed by atoms with E-state index >= 15 is 0 Å². The molecule has 0 radical (unpaired) electrons. The second-order valence-corrected chi connectivity index (χ2v) is 4.88. The van der Waals surface area contributed by atoms with Crippen molar-refractivity contribution >= 4 is 39.3 Å². The van der Waals surface area contributed by atoms with E-state index in [-0.39, 0.29) is 11.2 Å². The lowest BCUT2D eigenvalue weighted by Crippen LogP contribution is -1.96. The average Bonchev–Trinajstić information content (AvgIpc) is 2.57. The molecule has 0 bridgehead atoms. The lowest BCUT2D eigenvalue weighted by Gasteiger charge is -1.88. The number of carboxylic acid groups (broad SMARTS) is 1. The van der Waals surface area contributed by atoms with Crippen LogP contribution < -0.4 is 0 Å². The molecule has 15 heavy (non-hydrogen) atoms. The number of para-hydroxylation sites is 1. The predicted octanol–water partition coefficient (Wildman–Crippen LogP) is 1.65. The summed E-state index contributed by atoms with van der Waals surface area (Å²) in [7, 11) is 0. The Kier molecular flexibility index (Phi) is 4.07. The molecule has 1 aromatic heterocycles. The van der Waals surface area contributed by atoms with Gasteiger partial charge < -0.3 is 10.6 Å². The highest BCUT2D eigenvalue weighted by molar-refractivity contribution is 8.01. The predicted molar refractivity (Wildman–Crippen MR) is 61.6 cm³/mol. The van der Waals surface area contributed by atoms with Crippen LogP contribution in [0, 0.1) is 0 Å². The third kappa shape index (κ3) is 2.92. The average molecular weight is 243 g/mol. The lowest BCUT2D eigenvalue weighted by atomic mass is 10.3. The van der Waals surface area contributed by atoms with E-state index in [1.54, 1.807) is 0 Å². The van der Waals surface area contributed by atoms with Gasteiger partial charge in [-0.05, 0) is 12.1 Å². The van der Waals surface area contributed by atoms with Crippen molar-refractivity contribution in [3.8, 4) is 0 Å². The number of hydrogen-bond acceptors (Lipinski definition) is 4. The number of aromatic nitrogens is 1. The number of hydrogen-bond donors (Lipinski definition) is 1. The summed E-state index contributed by atoms with van der Waals surface area (Å²) >= 11 is 2.79. The van der Waals surface area contributed by atoms with Crippen molar-refractivity contribution in [3.63, 3.8) is 0 Å². The molecule has 80 valence electrons. The maximum atomic E-state index is 10.3. The quantitative estimate of drug-likeness (QED) is 0.831. The maximum Gasteiger partial charge on any atom is 0.313 e. The number of benzene rings is 1. The van der Waals surface area contributed by atoms with E-state index in [2.05, 4.69) is 4.98 Å². The lowest BCUT2D eigenvalue weighted by molar-refractivity contribution is -0.133. The first-order valence-corrected chi connectivity index (χ1v) is 5.76. The first-order chi connectivity index (χ1) is 6.75. The third-order valence-electron chi connectivity index (χ3n) is 1.59. The Labute approximate surface area is 94.3 Å². The van der Waals surface area contributed by atoms with Crippen LogP contribution in [0.1, 0.15) is 0 Å². The highest BCUT2D eigenvalue weighted by Gasteiger charge is 2.05. The highest BCUT2D eigenvalue weighted by atomic mass is 32.2. The van der Waals surface area contributed by atoms with Crippen LogP contribution in [0.4, 0.5) is 0 Å². The molecule has 2 rings (SSSR count).